The zero-order chi connectivity index (χ0) is 12.8. The second-order valence-electron chi connectivity index (χ2n) is 4.31. The zero-order valence-electron chi connectivity index (χ0n) is 10.4. The molecule has 1 aromatic carbocycles. The molecule has 0 saturated heterocycles. The quantitative estimate of drug-likeness (QED) is 0.719. The minimum absolute atomic E-state index is 0.244. The summed E-state index contributed by atoms with van der Waals surface area (Å²) in [4.78, 5) is 2.09. The van der Waals surface area contributed by atoms with E-state index in [0.29, 0.717) is 6.54 Å². The van der Waals surface area contributed by atoms with E-state index in [1.54, 1.807) is 6.07 Å². The fourth-order valence-corrected chi connectivity index (χ4v) is 1.75. The van der Waals surface area contributed by atoms with Crippen LogP contribution in [0.3, 0.4) is 0 Å². The van der Waals surface area contributed by atoms with Gasteiger partial charge in [0.15, 0.2) is 0 Å². The molecule has 1 rings (SSSR count). The van der Waals surface area contributed by atoms with Gasteiger partial charge in [-0.1, -0.05) is 19.4 Å². The molecule has 0 aliphatic heterocycles. The van der Waals surface area contributed by atoms with Crippen molar-refractivity contribution in [3.05, 3.63) is 29.6 Å². The summed E-state index contributed by atoms with van der Waals surface area (Å²) in [7, 11) is 0.340. The van der Waals surface area contributed by atoms with Gasteiger partial charge in [0.2, 0.25) is 0 Å². The number of halogens is 1. The van der Waals surface area contributed by atoms with E-state index in [4.69, 9.17) is 0 Å². The molecule has 0 radical (unpaired) electrons. The van der Waals surface area contributed by atoms with Crippen LogP contribution in [0.2, 0.25) is 0 Å². The molecule has 0 unspecified atom stereocenters. The van der Waals surface area contributed by atoms with Crippen LogP contribution in [0, 0.1) is 5.82 Å². The molecule has 0 bridgehead atoms. The summed E-state index contributed by atoms with van der Waals surface area (Å²) in [5.74, 6) is -0.451. The van der Waals surface area contributed by atoms with E-state index in [1.807, 2.05) is 7.05 Å². The maximum Gasteiger partial charge on any atom is 0.488 e. The van der Waals surface area contributed by atoms with Crippen LogP contribution in [-0.4, -0.2) is 35.7 Å². The number of unbranched alkanes of at least 4 members (excludes halogenated alkanes) is 1. The highest BCUT2D eigenvalue weighted by molar-refractivity contribution is 6.59. The van der Waals surface area contributed by atoms with Crippen molar-refractivity contribution in [2.45, 2.75) is 26.3 Å². The van der Waals surface area contributed by atoms with Crippen LogP contribution in [-0.2, 0) is 6.54 Å². The van der Waals surface area contributed by atoms with E-state index in [0.717, 1.165) is 24.9 Å². The van der Waals surface area contributed by atoms with Crippen molar-refractivity contribution in [2.75, 3.05) is 13.6 Å². The number of hydrogen-bond acceptors (Lipinski definition) is 3. The van der Waals surface area contributed by atoms with E-state index in [-0.39, 0.29) is 5.46 Å². The topological polar surface area (TPSA) is 43.7 Å². The predicted molar refractivity (Wildman–Crippen MR) is 67.5 cm³/mol. The Morgan fingerprint density at radius 2 is 2.06 bits per heavy atom. The van der Waals surface area contributed by atoms with Gasteiger partial charge in [0.1, 0.15) is 5.82 Å². The van der Waals surface area contributed by atoms with Gasteiger partial charge in [-0.25, -0.2) is 4.39 Å². The minimum Gasteiger partial charge on any atom is -0.423 e. The highest BCUT2D eigenvalue weighted by Crippen LogP contribution is 2.05. The van der Waals surface area contributed by atoms with Crippen LogP contribution in [0.4, 0.5) is 4.39 Å². The van der Waals surface area contributed by atoms with Crippen molar-refractivity contribution in [2.24, 2.45) is 0 Å². The standard InChI is InChI=1S/C12H19BFNO2/c1-3-4-7-15(2)9-10-5-6-11(14)8-12(10)13(16)17/h5-6,8,16-17H,3-4,7,9H2,1-2H3. The van der Waals surface area contributed by atoms with E-state index in [1.165, 1.54) is 12.1 Å². The van der Waals surface area contributed by atoms with Crippen molar-refractivity contribution in [3.8, 4) is 0 Å². The molecule has 17 heavy (non-hydrogen) atoms. The lowest BCUT2D eigenvalue weighted by atomic mass is 9.77. The summed E-state index contributed by atoms with van der Waals surface area (Å²) >= 11 is 0. The molecule has 5 heteroatoms. The number of benzene rings is 1. The monoisotopic (exact) mass is 239 g/mol. The Morgan fingerprint density at radius 1 is 1.35 bits per heavy atom. The summed E-state index contributed by atoms with van der Waals surface area (Å²) in [6.45, 7) is 3.65. The van der Waals surface area contributed by atoms with Gasteiger partial charge in [-0.15, -0.1) is 0 Å². The molecule has 94 valence electrons. The van der Waals surface area contributed by atoms with Crippen molar-refractivity contribution in [1.82, 2.24) is 4.90 Å². The Bertz CT molecular complexity index is 360. The molecule has 0 spiro atoms. The molecular weight excluding hydrogens is 220 g/mol. The molecule has 0 aromatic heterocycles. The fourth-order valence-electron chi connectivity index (χ4n) is 1.75. The first kappa shape index (κ1) is 14.2. The number of nitrogens with zero attached hydrogens (tertiary/aromatic N) is 1. The van der Waals surface area contributed by atoms with Gasteiger partial charge in [-0.3, -0.25) is 0 Å². The van der Waals surface area contributed by atoms with Gasteiger partial charge < -0.3 is 14.9 Å². The highest BCUT2D eigenvalue weighted by Gasteiger charge is 2.17. The van der Waals surface area contributed by atoms with Crippen LogP contribution in [0.5, 0.6) is 0 Å². The van der Waals surface area contributed by atoms with Crippen molar-refractivity contribution in [3.63, 3.8) is 0 Å². The van der Waals surface area contributed by atoms with Crippen molar-refractivity contribution >= 4 is 12.6 Å². The van der Waals surface area contributed by atoms with Gasteiger partial charge in [0.05, 0.1) is 0 Å². The molecule has 2 N–H and O–H groups in total. The summed E-state index contributed by atoms with van der Waals surface area (Å²) < 4.78 is 13.0. The second kappa shape index (κ2) is 6.74. The van der Waals surface area contributed by atoms with Crippen LogP contribution >= 0.6 is 0 Å². The van der Waals surface area contributed by atoms with Gasteiger partial charge in [0, 0.05) is 6.54 Å². The Kier molecular flexibility index (Phi) is 5.61. The molecule has 0 amide bonds. The molecule has 0 fully saturated rings. The third-order valence-electron chi connectivity index (χ3n) is 2.72. The lowest BCUT2D eigenvalue weighted by Crippen LogP contribution is -2.35. The Labute approximate surface area is 102 Å². The van der Waals surface area contributed by atoms with Crippen LogP contribution in [0.15, 0.2) is 18.2 Å². The van der Waals surface area contributed by atoms with Gasteiger partial charge in [0.25, 0.3) is 0 Å². The zero-order valence-corrected chi connectivity index (χ0v) is 10.4. The summed E-state index contributed by atoms with van der Waals surface area (Å²) in [6.07, 6.45) is 2.21. The maximum absolute atomic E-state index is 13.0. The van der Waals surface area contributed by atoms with Crippen LogP contribution in [0.1, 0.15) is 25.3 Å². The molecule has 0 aliphatic carbocycles. The highest BCUT2D eigenvalue weighted by atomic mass is 19.1. The second-order valence-corrected chi connectivity index (χ2v) is 4.31. The fraction of sp³-hybridized carbons (Fsp3) is 0.500. The molecule has 0 aliphatic rings. The van der Waals surface area contributed by atoms with E-state index < -0.39 is 12.9 Å². The predicted octanol–water partition coefficient (Wildman–Crippen LogP) is 0.737. The molecule has 3 nitrogen and oxygen atoms in total. The molecule has 0 atom stereocenters. The van der Waals surface area contributed by atoms with Crippen molar-refractivity contribution < 1.29 is 14.4 Å². The first-order chi connectivity index (χ1) is 8.04. The average molecular weight is 239 g/mol. The number of hydrogen-bond donors (Lipinski definition) is 2. The summed E-state index contributed by atoms with van der Waals surface area (Å²) in [6, 6.07) is 4.12. The Balaban J connectivity index is 2.76. The summed E-state index contributed by atoms with van der Waals surface area (Å²) in [5.41, 5.74) is 0.994. The number of rotatable bonds is 6. The smallest absolute Gasteiger partial charge is 0.423 e. The van der Waals surface area contributed by atoms with E-state index in [9.17, 15) is 14.4 Å². The SMILES string of the molecule is CCCCN(C)Cc1ccc(F)cc1B(O)O. The summed E-state index contributed by atoms with van der Waals surface area (Å²) in [5, 5.41) is 18.4. The molecule has 0 saturated carbocycles. The maximum atomic E-state index is 13.0. The molecular formula is C12H19BFNO2. The first-order valence-corrected chi connectivity index (χ1v) is 5.87. The first-order valence-electron chi connectivity index (χ1n) is 5.87. The van der Waals surface area contributed by atoms with Gasteiger partial charge in [-0.05, 0) is 43.2 Å². The van der Waals surface area contributed by atoms with Crippen LogP contribution < -0.4 is 5.46 Å². The van der Waals surface area contributed by atoms with Crippen LogP contribution in [0.25, 0.3) is 0 Å². The molecule has 0 heterocycles. The third kappa shape index (κ3) is 4.46. The Hall–Kier alpha value is -0.905. The van der Waals surface area contributed by atoms with E-state index >= 15 is 0 Å². The lowest BCUT2D eigenvalue weighted by Gasteiger charge is -2.18. The van der Waals surface area contributed by atoms with E-state index in [2.05, 4.69) is 11.8 Å². The Morgan fingerprint density at radius 3 is 2.65 bits per heavy atom. The van der Waals surface area contributed by atoms with Crippen molar-refractivity contribution in [1.29, 1.82) is 0 Å². The lowest BCUT2D eigenvalue weighted by molar-refractivity contribution is 0.321. The molecule has 1 aromatic rings. The normalized spacial score (nSPS) is 10.9. The minimum atomic E-state index is -1.62. The van der Waals surface area contributed by atoms with Gasteiger partial charge in [-0.2, -0.15) is 0 Å². The third-order valence-corrected chi connectivity index (χ3v) is 2.72. The largest absolute Gasteiger partial charge is 0.488 e. The average Bonchev–Trinajstić information content (AvgIpc) is 2.28. The van der Waals surface area contributed by atoms with Gasteiger partial charge >= 0.3 is 7.12 Å².